The van der Waals surface area contributed by atoms with Crippen molar-refractivity contribution in [3.05, 3.63) is 30.1 Å². The second-order valence-electron chi connectivity index (χ2n) is 4.06. The first-order valence-corrected chi connectivity index (χ1v) is 5.16. The summed E-state index contributed by atoms with van der Waals surface area (Å²) in [5.74, 6) is -1.38. The van der Waals surface area contributed by atoms with Gasteiger partial charge < -0.3 is 10.0 Å². The number of halogens is 1. The lowest BCUT2D eigenvalue weighted by molar-refractivity contribution is -0.142. The van der Waals surface area contributed by atoms with Crippen LogP contribution >= 0.6 is 0 Å². The molecule has 4 heteroatoms. The number of carboxylic acid groups (broad SMARTS) is 1. The largest absolute Gasteiger partial charge is 0.480 e. The first kappa shape index (κ1) is 12.5. The van der Waals surface area contributed by atoms with Gasteiger partial charge in [-0.1, -0.05) is 12.1 Å². The van der Waals surface area contributed by atoms with Crippen LogP contribution in [-0.2, 0) is 4.79 Å². The van der Waals surface area contributed by atoms with Crippen LogP contribution in [0, 0.1) is 5.82 Å². The number of likely N-dealkylation sites (N-methyl/N-ethyl adjacent to an activating group) is 1. The summed E-state index contributed by atoms with van der Waals surface area (Å²) in [6.45, 7) is 5.36. The third-order valence-electron chi connectivity index (χ3n) is 2.66. The zero-order chi connectivity index (χ0) is 12.3. The summed E-state index contributed by atoms with van der Waals surface area (Å²) in [5.41, 5.74) is -0.811. The van der Waals surface area contributed by atoms with E-state index >= 15 is 0 Å². The molecular weight excluding hydrogens is 209 g/mol. The fourth-order valence-corrected chi connectivity index (χ4v) is 1.65. The predicted octanol–water partition coefficient (Wildman–Crippen LogP) is 2.52. The number of para-hydroxylation sites is 1. The molecule has 1 rings (SSSR count). The first-order chi connectivity index (χ1) is 7.41. The molecule has 0 heterocycles. The van der Waals surface area contributed by atoms with Crippen LogP contribution in [0.25, 0.3) is 0 Å². The smallest absolute Gasteiger partial charge is 0.328 e. The number of anilines is 1. The number of carboxylic acids is 1. The Morgan fingerprint density at radius 1 is 1.44 bits per heavy atom. The van der Waals surface area contributed by atoms with Crippen molar-refractivity contribution in [3.8, 4) is 0 Å². The molecule has 0 aliphatic rings. The Balaban J connectivity index is 3.18. The average Bonchev–Trinajstić information content (AvgIpc) is 2.21. The molecule has 0 aliphatic heterocycles. The molecule has 0 radical (unpaired) electrons. The van der Waals surface area contributed by atoms with E-state index < -0.39 is 17.3 Å². The van der Waals surface area contributed by atoms with Crippen molar-refractivity contribution in [3.63, 3.8) is 0 Å². The maximum Gasteiger partial charge on any atom is 0.328 e. The second-order valence-corrected chi connectivity index (χ2v) is 4.06. The number of hydrogen-bond acceptors (Lipinski definition) is 2. The maximum atomic E-state index is 13.6. The highest BCUT2D eigenvalue weighted by Crippen LogP contribution is 2.26. The van der Waals surface area contributed by atoms with Gasteiger partial charge in [-0.05, 0) is 32.9 Å². The average molecular weight is 225 g/mol. The molecule has 16 heavy (non-hydrogen) atoms. The maximum absolute atomic E-state index is 13.6. The van der Waals surface area contributed by atoms with Crippen molar-refractivity contribution < 1.29 is 14.3 Å². The van der Waals surface area contributed by atoms with Gasteiger partial charge in [0.2, 0.25) is 0 Å². The molecule has 3 nitrogen and oxygen atoms in total. The Labute approximate surface area is 94.5 Å². The lowest BCUT2D eigenvalue weighted by atomic mass is 10.0. The van der Waals surface area contributed by atoms with Gasteiger partial charge in [-0.15, -0.1) is 0 Å². The Morgan fingerprint density at radius 3 is 2.44 bits per heavy atom. The topological polar surface area (TPSA) is 40.5 Å². The van der Waals surface area contributed by atoms with Crippen LogP contribution in [0.4, 0.5) is 10.1 Å². The van der Waals surface area contributed by atoms with E-state index in [2.05, 4.69) is 0 Å². The Hall–Kier alpha value is -1.58. The Bertz CT molecular complexity index is 390. The molecule has 0 fully saturated rings. The van der Waals surface area contributed by atoms with Gasteiger partial charge >= 0.3 is 5.97 Å². The summed E-state index contributed by atoms with van der Waals surface area (Å²) in [6.07, 6.45) is 0. The van der Waals surface area contributed by atoms with Gasteiger partial charge in [0.05, 0.1) is 5.69 Å². The van der Waals surface area contributed by atoms with Crippen molar-refractivity contribution in [2.24, 2.45) is 0 Å². The number of carbonyl (C=O) groups is 1. The van der Waals surface area contributed by atoms with Crippen LogP contribution in [0.5, 0.6) is 0 Å². The van der Waals surface area contributed by atoms with E-state index in [9.17, 15) is 9.18 Å². The van der Waals surface area contributed by atoms with Crippen molar-refractivity contribution in [2.75, 3.05) is 11.4 Å². The van der Waals surface area contributed by atoms with E-state index in [0.29, 0.717) is 12.2 Å². The lowest BCUT2D eigenvalue weighted by Crippen LogP contribution is -2.50. The van der Waals surface area contributed by atoms with Crippen LogP contribution in [-0.4, -0.2) is 23.2 Å². The molecule has 0 atom stereocenters. The third-order valence-corrected chi connectivity index (χ3v) is 2.66. The third kappa shape index (κ3) is 2.15. The molecule has 0 spiro atoms. The highest BCUT2D eigenvalue weighted by atomic mass is 19.1. The van der Waals surface area contributed by atoms with Crippen LogP contribution in [0.1, 0.15) is 20.8 Å². The molecule has 0 amide bonds. The minimum absolute atomic E-state index is 0.317. The van der Waals surface area contributed by atoms with Crippen LogP contribution in [0.15, 0.2) is 24.3 Å². The molecule has 0 aromatic heterocycles. The van der Waals surface area contributed by atoms with Crippen molar-refractivity contribution in [1.29, 1.82) is 0 Å². The van der Waals surface area contributed by atoms with Gasteiger partial charge in [0.15, 0.2) is 0 Å². The monoisotopic (exact) mass is 225 g/mol. The lowest BCUT2D eigenvalue weighted by Gasteiger charge is -2.36. The molecule has 0 unspecified atom stereocenters. The van der Waals surface area contributed by atoms with Gasteiger partial charge in [0, 0.05) is 6.54 Å². The van der Waals surface area contributed by atoms with Crippen LogP contribution < -0.4 is 4.90 Å². The molecule has 88 valence electrons. The Kier molecular flexibility index (Phi) is 3.52. The standard InChI is InChI=1S/C12H16FNO2/c1-4-14(12(2,3)11(15)16)10-8-6-5-7-9(10)13/h5-8H,4H2,1-3H3,(H,15,16). The van der Waals surface area contributed by atoms with Gasteiger partial charge in [-0.25, -0.2) is 9.18 Å². The molecule has 1 aromatic rings. The number of hydrogen-bond donors (Lipinski definition) is 1. The molecule has 0 saturated heterocycles. The zero-order valence-electron chi connectivity index (χ0n) is 9.70. The quantitative estimate of drug-likeness (QED) is 0.856. The SMILES string of the molecule is CCN(c1ccccc1F)C(C)(C)C(=O)O. The summed E-state index contributed by atoms with van der Waals surface area (Å²) >= 11 is 0. The predicted molar refractivity (Wildman–Crippen MR) is 61.1 cm³/mol. The first-order valence-electron chi connectivity index (χ1n) is 5.16. The van der Waals surface area contributed by atoms with E-state index in [4.69, 9.17) is 5.11 Å². The van der Waals surface area contributed by atoms with Gasteiger partial charge in [0.25, 0.3) is 0 Å². The minimum Gasteiger partial charge on any atom is -0.480 e. The summed E-state index contributed by atoms with van der Waals surface area (Å²) in [4.78, 5) is 12.7. The van der Waals surface area contributed by atoms with Crippen LogP contribution in [0.3, 0.4) is 0 Å². The van der Waals surface area contributed by atoms with Gasteiger partial charge in [-0.2, -0.15) is 0 Å². The van der Waals surface area contributed by atoms with Gasteiger partial charge in [0.1, 0.15) is 11.4 Å². The molecular formula is C12H16FNO2. The van der Waals surface area contributed by atoms with E-state index in [0.717, 1.165) is 0 Å². The van der Waals surface area contributed by atoms with Crippen molar-refractivity contribution in [2.45, 2.75) is 26.3 Å². The fraction of sp³-hybridized carbons (Fsp3) is 0.417. The van der Waals surface area contributed by atoms with E-state index in [-0.39, 0.29) is 0 Å². The summed E-state index contributed by atoms with van der Waals surface area (Å²) in [5, 5.41) is 9.13. The van der Waals surface area contributed by atoms with Gasteiger partial charge in [-0.3, -0.25) is 0 Å². The normalized spacial score (nSPS) is 11.2. The second kappa shape index (κ2) is 4.51. The van der Waals surface area contributed by atoms with E-state index in [1.807, 2.05) is 0 Å². The summed E-state index contributed by atoms with van der Waals surface area (Å²) in [6, 6.07) is 6.19. The fourth-order valence-electron chi connectivity index (χ4n) is 1.65. The van der Waals surface area contributed by atoms with Crippen molar-refractivity contribution in [1.82, 2.24) is 0 Å². The number of aliphatic carboxylic acids is 1. The number of rotatable bonds is 4. The van der Waals surface area contributed by atoms with E-state index in [1.54, 1.807) is 39.0 Å². The number of benzene rings is 1. The highest BCUT2D eigenvalue weighted by molar-refractivity contribution is 5.82. The van der Waals surface area contributed by atoms with E-state index in [1.165, 1.54) is 11.0 Å². The summed E-state index contributed by atoms with van der Waals surface area (Å²) in [7, 11) is 0. The Morgan fingerprint density at radius 2 is 2.00 bits per heavy atom. The zero-order valence-corrected chi connectivity index (χ0v) is 9.70. The molecule has 0 saturated carbocycles. The van der Waals surface area contributed by atoms with Crippen LogP contribution in [0.2, 0.25) is 0 Å². The highest BCUT2D eigenvalue weighted by Gasteiger charge is 2.34. The van der Waals surface area contributed by atoms with Crippen molar-refractivity contribution >= 4 is 11.7 Å². The molecule has 0 bridgehead atoms. The summed E-state index contributed by atoms with van der Waals surface area (Å²) < 4.78 is 13.6. The minimum atomic E-state index is -1.13. The molecule has 0 aliphatic carbocycles. The molecule has 1 aromatic carbocycles. The molecule has 1 N–H and O–H groups in total. The number of nitrogens with zero attached hydrogens (tertiary/aromatic N) is 1.